The van der Waals surface area contributed by atoms with Gasteiger partial charge in [-0.25, -0.2) is 4.39 Å². The Balaban J connectivity index is 2.54. The molecule has 14 heavy (non-hydrogen) atoms. The molecular formula is C11H11FO2. The Kier molecular flexibility index (Phi) is 2.23. The minimum absolute atomic E-state index is 0.213. The number of hydrogen-bond donors (Lipinski definition) is 0. The molecule has 1 aromatic carbocycles. The van der Waals surface area contributed by atoms with Gasteiger partial charge in [-0.2, -0.15) is 0 Å². The highest BCUT2D eigenvalue weighted by Gasteiger charge is 2.30. The van der Waals surface area contributed by atoms with Gasteiger partial charge in [0.1, 0.15) is 6.29 Å². The minimum Gasteiger partial charge on any atom is -0.494 e. The van der Waals surface area contributed by atoms with E-state index in [1.54, 1.807) is 6.07 Å². The molecule has 0 atom stereocenters. The number of carbonyl (C=O) groups is 1. The zero-order valence-electron chi connectivity index (χ0n) is 7.92. The first-order valence-electron chi connectivity index (χ1n) is 4.59. The Labute approximate surface area is 81.7 Å². The number of aldehydes is 1. The molecule has 0 spiro atoms. The van der Waals surface area contributed by atoms with Gasteiger partial charge in [0.25, 0.3) is 0 Å². The summed E-state index contributed by atoms with van der Waals surface area (Å²) in [6.45, 7) is 0. The summed E-state index contributed by atoms with van der Waals surface area (Å²) in [7, 11) is 1.43. The Morgan fingerprint density at radius 3 is 2.71 bits per heavy atom. The number of rotatable bonds is 3. The van der Waals surface area contributed by atoms with E-state index in [1.807, 2.05) is 0 Å². The Morgan fingerprint density at radius 1 is 1.50 bits per heavy atom. The maximum atomic E-state index is 13.7. The zero-order chi connectivity index (χ0) is 10.1. The molecular weight excluding hydrogens is 183 g/mol. The molecule has 1 aliphatic rings. The van der Waals surface area contributed by atoms with Crippen LogP contribution in [0.15, 0.2) is 12.1 Å². The van der Waals surface area contributed by atoms with Gasteiger partial charge in [-0.1, -0.05) is 0 Å². The second kappa shape index (κ2) is 3.40. The van der Waals surface area contributed by atoms with Crippen molar-refractivity contribution in [1.82, 2.24) is 0 Å². The SMILES string of the molecule is COc1ccc(C=O)c(C2CC2)c1F. The summed E-state index contributed by atoms with van der Waals surface area (Å²) >= 11 is 0. The van der Waals surface area contributed by atoms with Gasteiger partial charge in [0, 0.05) is 11.1 Å². The van der Waals surface area contributed by atoms with Crippen LogP contribution in [0.5, 0.6) is 5.75 Å². The lowest BCUT2D eigenvalue weighted by Crippen LogP contribution is -1.98. The normalized spacial score (nSPS) is 15.3. The Hall–Kier alpha value is -1.38. The second-order valence-corrected chi connectivity index (χ2v) is 3.48. The van der Waals surface area contributed by atoms with E-state index in [0.717, 1.165) is 12.8 Å². The number of carbonyl (C=O) groups excluding carboxylic acids is 1. The molecule has 0 saturated heterocycles. The van der Waals surface area contributed by atoms with Crippen LogP contribution >= 0.6 is 0 Å². The van der Waals surface area contributed by atoms with Crippen LogP contribution in [0.3, 0.4) is 0 Å². The van der Waals surface area contributed by atoms with Crippen molar-refractivity contribution in [2.75, 3.05) is 7.11 Å². The lowest BCUT2D eigenvalue weighted by atomic mass is 10.0. The fourth-order valence-corrected chi connectivity index (χ4v) is 1.64. The highest BCUT2D eigenvalue weighted by molar-refractivity contribution is 5.78. The van der Waals surface area contributed by atoms with E-state index in [4.69, 9.17) is 4.74 Å². The molecule has 0 heterocycles. The van der Waals surface area contributed by atoms with E-state index in [2.05, 4.69) is 0 Å². The van der Waals surface area contributed by atoms with E-state index in [9.17, 15) is 9.18 Å². The first kappa shape index (κ1) is 9.19. The molecule has 2 nitrogen and oxygen atoms in total. The monoisotopic (exact) mass is 194 g/mol. The molecule has 0 aliphatic heterocycles. The fraction of sp³-hybridized carbons (Fsp3) is 0.364. The smallest absolute Gasteiger partial charge is 0.169 e. The molecule has 0 unspecified atom stereocenters. The second-order valence-electron chi connectivity index (χ2n) is 3.48. The number of benzene rings is 1. The molecule has 1 aromatic rings. The molecule has 0 N–H and O–H groups in total. The molecule has 0 aromatic heterocycles. The largest absolute Gasteiger partial charge is 0.494 e. The van der Waals surface area contributed by atoms with Gasteiger partial charge in [-0.3, -0.25) is 4.79 Å². The average Bonchev–Trinajstić information content (AvgIpc) is 3.01. The predicted octanol–water partition coefficient (Wildman–Crippen LogP) is 2.52. The third-order valence-corrected chi connectivity index (χ3v) is 2.51. The summed E-state index contributed by atoms with van der Waals surface area (Å²) in [6, 6.07) is 3.10. The number of methoxy groups -OCH3 is 1. The molecule has 0 radical (unpaired) electrons. The number of ether oxygens (including phenoxy) is 1. The molecule has 2 rings (SSSR count). The molecule has 0 bridgehead atoms. The third kappa shape index (κ3) is 1.39. The van der Waals surface area contributed by atoms with Crippen molar-refractivity contribution in [1.29, 1.82) is 0 Å². The zero-order valence-corrected chi connectivity index (χ0v) is 7.92. The maximum absolute atomic E-state index is 13.7. The van der Waals surface area contributed by atoms with Crippen LogP contribution in [-0.4, -0.2) is 13.4 Å². The van der Waals surface area contributed by atoms with Crippen LogP contribution in [0.25, 0.3) is 0 Å². The van der Waals surface area contributed by atoms with Crippen molar-refractivity contribution in [3.63, 3.8) is 0 Å². The first-order valence-corrected chi connectivity index (χ1v) is 4.59. The van der Waals surface area contributed by atoms with Gasteiger partial charge in [0.2, 0.25) is 0 Å². The summed E-state index contributed by atoms with van der Waals surface area (Å²) in [4.78, 5) is 10.7. The topological polar surface area (TPSA) is 26.3 Å². The van der Waals surface area contributed by atoms with Crippen molar-refractivity contribution in [2.45, 2.75) is 18.8 Å². The van der Waals surface area contributed by atoms with E-state index in [0.29, 0.717) is 17.4 Å². The van der Waals surface area contributed by atoms with Gasteiger partial charge in [0.15, 0.2) is 11.6 Å². The molecule has 1 aliphatic carbocycles. The highest BCUT2D eigenvalue weighted by atomic mass is 19.1. The lowest BCUT2D eigenvalue weighted by Gasteiger charge is -2.08. The van der Waals surface area contributed by atoms with Crippen molar-refractivity contribution < 1.29 is 13.9 Å². The van der Waals surface area contributed by atoms with E-state index in [1.165, 1.54) is 13.2 Å². The number of hydrogen-bond acceptors (Lipinski definition) is 2. The van der Waals surface area contributed by atoms with Crippen LogP contribution in [-0.2, 0) is 0 Å². The van der Waals surface area contributed by atoms with Crippen LogP contribution in [0.1, 0.15) is 34.7 Å². The molecule has 0 amide bonds. The minimum atomic E-state index is -0.375. The molecule has 1 fully saturated rings. The van der Waals surface area contributed by atoms with Crippen LogP contribution in [0.2, 0.25) is 0 Å². The van der Waals surface area contributed by atoms with E-state index >= 15 is 0 Å². The van der Waals surface area contributed by atoms with Gasteiger partial charge < -0.3 is 4.74 Å². The molecule has 1 saturated carbocycles. The van der Waals surface area contributed by atoms with Crippen molar-refractivity contribution in [3.8, 4) is 5.75 Å². The lowest BCUT2D eigenvalue weighted by molar-refractivity contribution is 0.112. The standard InChI is InChI=1S/C11H11FO2/c1-14-9-5-4-8(6-13)10(11(9)12)7-2-3-7/h4-7H,2-3H2,1H3. The number of halogens is 1. The van der Waals surface area contributed by atoms with Gasteiger partial charge in [-0.05, 0) is 30.9 Å². The van der Waals surface area contributed by atoms with Gasteiger partial charge >= 0.3 is 0 Å². The maximum Gasteiger partial charge on any atom is 0.169 e. The first-order chi connectivity index (χ1) is 6.77. The van der Waals surface area contributed by atoms with Crippen LogP contribution in [0.4, 0.5) is 4.39 Å². The summed E-state index contributed by atoms with van der Waals surface area (Å²) in [5.41, 5.74) is 0.977. The predicted molar refractivity (Wildman–Crippen MR) is 50.3 cm³/mol. The Bertz CT molecular complexity index is 370. The van der Waals surface area contributed by atoms with Crippen LogP contribution < -0.4 is 4.74 Å². The molecule has 74 valence electrons. The van der Waals surface area contributed by atoms with Crippen LogP contribution in [0, 0.1) is 5.82 Å². The van der Waals surface area contributed by atoms with E-state index in [-0.39, 0.29) is 17.5 Å². The van der Waals surface area contributed by atoms with Crippen molar-refractivity contribution in [2.24, 2.45) is 0 Å². The summed E-state index contributed by atoms with van der Waals surface area (Å²) in [5, 5.41) is 0. The summed E-state index contributed by atoms with van der Waals surface area (Å²) in [5.74, 6) is 0.0578. The Morgan fingerprint density at radius 2 is 2.21 bits per heavy atom. The third-order valence-electron chi connectivity index (χ3n) is 2.51. The quantitative estimate of drug-likeness (QED) is 0.691. The van der Waals surface area contributed by atoms with Crippen molar-refractivity contribution >= 4 is 6.29 Å². The highest BCUT2D eigenvalue weighted by Crippen LogP contribution is 2.44. The summed E-state index contributed by atoms with van der Waals surface area (Å²) < 4.78 is 18.6. The molecule has 3 heteroatoms. The van der Waals surface area contributed by atoms with E-state index < -0.39 is 0 Å². The van der Waals surface area contributed by atoms with Gasteiger partial charge in [0.05, 0.1) is 7.11 Å². The summed E-state index contributed by atoms with van der Waals surface area (Å²) in [6.07, 6.45) is 2.63. The van der Waals surface area contributed by atoms with Crippen molar-refractivity contribution in [3.05, 3.63) is 29.1 Å². The van der Waals surface area contributed by atoms with Gasteiger partial charge in [-0.15, -0.1) is 0 Å². The average molecular weight is 194 g/mol. The fourth-order valence-electron chi connectivity index (χ4n) is 1.64.